The topological polar surface area (TPSA) is 30.2 Å². The van der Waals surface area contributed by atoms with E-state index in [4.69, 9.17) is 9.97 Å². The minimum atomic E-state index is 0.952. The van der Waals surface area contributed by atoms with Gasteiger partial charge in [0.2, 0.25) is 0 Å². The van der Waals surface area contributed by atoms with Crippen LogP contribution >= 0.6 is 0 Å². The maximum absolute atomic E-state index is 5.09. The first-order valence-corrected chi connectivity index (χ1v) is 12.5. The van der Waals surface area contributed by atoms with Crippen molar-refractivity contribution in [2.24, 2.45) is 0 Å². The molecular weight excluding hydrogens is 450 g/mol. The van der Waals surface area contributed by atoms with E-state index < -0.39 is 0 Å². The summed E-state index contributed by atoms with van der Waals surface area (Å²) in [5.41, 5.74) is 10.0. The van der Waals surface area contributed by atoms with E-state index in [0.717, 1.165) is 38.5 Å². The number of hydrogen-bond donors (Lipinski definition) is 0. The van der Waals surface area contributed by atoms with E-state index in [1.165, 1.54) is 33.0 Å². The molecule has 3 heterocycles. The molecule has 5 aromatic carbocycles. The smallest absolute Gasteiger partial charge is 0.148 e. The van der Waals surface area contributed by atoms with Crippen molar-refractivity contribution in [1.29, 1.82) is 0 Å². The quantitative estimate of drug-likeness (QED) is 0.236. The first-order valence-electron chi connectivity index (χ1n) is 12.5. The molecule has 0 unspecified atom stereocenters. The number of imidazole rings is 1. The second-order valence-corrected chi connectivity index (χ2v) is 9.50. The van der Waals surface area contributed by atoms with E-state index >= 15 is 0 Å². The fourth-order valence-corrected chi connectivity index (χ4v) is 5.65. The number of nitrogens with zero attached hydrogens (tertiary/aromatic N) is 3. The molecule has 0 atom stereocenters. The molecule has 0 radical (unpaired) electrons. The third-order valence-electron chi connectivity index (χ3n) is 7.41. The van der Waals surface area contributed by atoms with Crippen LogP contribution in [0.15, 0.2) is 128 Å². The van der Waals surface area contributed by atoms with Crippen molar-refractivity contribution in [3.05, 3.63) is 128 Å². The van der Waals surface area contributed by atoms with Gasteiger partial charge in [0.05, 0.1) is 27.5 Å². The van der Waals surface area contributed by atoms with Crippen LogP contribution in [0.4, 0.5) is 0 Å². The van der Waals surface area contributed by atoms with Gasteiger partial charge in [-0.3, -0.25) is 9.38 Å². The fraction of sp³-hybridized carbons (Fsp3) is 0. The van der Waals surface area contributed by atoms with Gasteiger partial charge in [0.25, 0.3) is 0 Å². The van der Waals surface area contributed by atoms with Crippen molar-refractivity contribution in [3.63, 3.8) is 0 Å². The maximum Gasteiger partial charge on any atom is 0.148 e. The van der Waals surface area contributed by atoms with Crippen molar-refractivity contribution in [2.45, 2.75) is 0 Å². The largest absolute Gasteiger partial charge is 0.292 e. The monoisotopic (exact) mass is 471 g/mol. The number of aromatic nitrogens is 3. The molecule has 37 heavy (non-hydrogen) atoms. The highest BCUT2D eigenvalue weighted by Crippen LogP contribution is 2.37. The summed E-state index contributed by atoms with van der Waals surface area (Å²) in [5.74, 6) is 0. The minimum absolute atomic E-state index is 0.952. The number of hydrogen-bond acceptors (Lipinski definition) is 2. The highest BCUT2D eigenvalue weighted by molar-refractivity contribution is 6.22. The zero-order chi connectivity index (χ0) is 24.3. The molecule has 0 amide bonds. The fourth-order valence-electron chi connectivity index (χ4n) is 5.65. The van der Waals surface area contributed by atoms with E-state index in [1.54, 1.807) is 0 Å². The summed E-state index contributed by atoms with van der Waals surface area (Å²) < 4.78 is 2.30. The SMILES string of the molecule is c1ccc(-c2ccc(-c3ccc4c(c3)c3ccc5cccnc5c3c3nc5ccccc5n43)cc2)cc1. The van der Waals surface area contributed by atoms with E-state index in [9.17, 15) is 0 Å². The summed E-state index contributed by atoms with van der Waals surface area (Å²) >= 11 is 0. The first kappa shape index (κ1) is 20.2. The van der Waals surface area contributed by atoms with Gasteiger partial charge < -0.3 is 0 Å². The number of rotatable bonds is 2. The number of fused-ring (bicyclic) bond motifs is 10. The van der Waals surface area contributed by atoms with Gasteiger partial charge in [0.15, 0.2) is 0 Å². The van der Waals surface area contributed by atoms with Gasteiger partial charge in [-0.2, -0.15) is 0 Å². The Morgan fingerprint density at radius 2 is 1.24 bits per heavy atom. The Hall–Kier alpha value is -5.02. The lowest BCUT2D eigenvalue weighted by Crippen LogP contribution is -1.94. The van der Waals surface area contributed by atoms with Gasteiger partial charge in [-0.1, -0.05) is 91.0 Å². The Labute approximate surface area is 213 Å². The Bertz CT molecular complexity index is 2120. The Balaban J connectivity index is 1.44. The summed E-state index contributed by atoms with van der Waals surface area (Å²) in [6, 6.07) is 43.0. The molecule has 3 nitrogen and oxygen atoms in total. The molecule has 0 spiro atoms. The third kappa shape index (κ3) is 3.01. The Kier molecular flexibility index (Phi) is 4.23. The zero-order valence-corrected chi connectivity index (χ0v) is 20.0. The second-order valence-electron chi connectivity index (χ2n) is 9.50. The molecule has 0 fully saturated rings. The van der Waals surface area contributed by atoms with Gasteiger partial charge in [-0.05, 0) is 58.0 Å². The summed E-state index contributed by atoms with van der Waals surface area (Å²) in [6.45, 7) is 0. The molecular formula is C34H21N3. The van der Waals surface area contributed by atoms with Gasteiger partial charge >= 0.3 is 0 Å². The van der Waals surface area contributed by atoms with Crippen LogP contribution in [0, 0.1) is 0 Å². The third-order valence-corrected chi connectivity index (χ3v) is 7.41. The van der Waals surface area contributed by atoms with Crippen LogP contribution < -0.4 is 0 Å². The molecule has 172 valence electrons. The number of benzene rings is 5. The molecule has 0 saturated carbocycles. The summed E-state index contributed by atoms with van der Waals surface area (Å²) in [4.78, 5) is 9.89. The van der Waals surface area contributed by atoms with Gasteiger partial charge in [0, 0.05) is 17.0 Å². The first-order chi connectivity index (χ1) is 18.3. The maximum atomic E-state index is 5.09. The molecule has 0 bridgehead atoms. The van der Waals surface area contributed by atoms with Crippen LogP contribution in [-0.4, -0.2) is 14.4 Å². The van der Waals surface area contributed by atoms with Crippen LogP contribution in [0.25, 0.3) is 71.5 Å². The predicted molar refractivity (Wildman–Crippen MR) is 154 cm³/mol. The van der Waals surface area contributed by atoms with Crippen molar-refractivity contribution in [3.8, 4) is 22.3 Å². The van der Waals surface area contributed by atoms with E-state index in [1.807, 2.05) is 18.3 Å². The van der Waals surface area contributed by atoms with E-state index in [-0.39, 0.29) is 0 Å². The lowest BCUT2D eigenvalue weighted by Gasteiger charge is -2.13. The second kappa shape index (κ2) is 7.74. The summed E-state index contributed by atoms with van der Waals surface area (Å²) in [5, 5.41) is 4.59. The Morgan fingerprint density at radius 3 is 2.11 bits per heavy atom. The molecule has 3 aromatic heterocycles. The molecule has 8 rings (SSSR count). The van der Waals surface area contributed by atoms with Crippen molar-refractivity contribution < 1.29 is 0 Å². The van der Waals surface area contributed by atoms with Crippen molar-refractivity contribution in [2.75, 3.05) is 0 Å². The Morgan fingerprint density at radius 1 is 0.514 bits per heavy atom. The molecule has 0 aliphatic rings. The standard InChI is InChI=1S/C34H21N3/c1-2-7-22(8-3-1)23-12-14-24(15-13-23)26-17-19-30-28(21-26)27-18-16-25-9-6-20-35-33(25)32(27)34-36-29-10-4-5-11-31(29)37(30)34/h1-21H. The van der Waals surface area contributed by atoms with E-state index in [0.29, 0.717) is 0 Å². The van der Waals surface area contributed by atoms with Crippen molar-refractivity contribution >= 4 is 49.3 Å². The normalized spacial score (nSPS) is 11.8. The predicted octanol–water partition coefficient (Wildman–Crippen LogP) is 8.68. The van der Waals surface area contributed by atoms with Crippen LogP contribution in [0.3, 0.4) is 0 Å². The number of para-hydroxylation sites is 2. The van der Waals surface area contributed by atoms with Crippen LogP contribution in [-0.2, 0) is 0 Å². The van der Waals surface area contributed by atoms with Gasteiger partial charge in [-0.25, -0.2) is 4.98 Å². The summed E-state index contributed by atoms with van der Waals surface area (Å²) in [6.07, 6.45) is 1.87. The van der Waals surface area contributed by atoms with Crippen LogP contribution in [0.1, 0.15) is 0 Å². The average molecular weight is 472 g/mol. The molecule has 0 saturated heterocycles. The highest BCUT2D eigenvalue weighted by Gasteiger charge is 2.17. The van der Waals surface area contributed by atoms with Crippen molar-refractivity contribution in [1.82, 2.24) is 14.4 Å². The van der Waals surface area contributed by atoms with Crippen LogP contribution in [0.5, 0.6) is 0 Å². The van der Waals surface area contributed by atoms with Gasteiger partial charge in [-0.15, -0.1) is 0 Å². The number of pyridine rings is 2. The minimum Gasteiger partial charge on any atom is -0.292 e. The van der Waals surface area contributed by atoms with Gasteiger partial charge in [0.1, 0.15) is 5.65 Å². The summed E-state index contributed by atoms with van der Waals surface area (Å²) in [7, 11) is 0. The molecule has 0 aliphatic heterocycles. The lowest BCUT2D eigenvalue weighted by atomic mass is 9.97. The lowest BCUT2D eigenvalue weighted by molar-refractivity contribution is 1.31. The molecule has 0 aliphatic carbocycles. The zero-order valence-electron chi connectivity index (χ0n) is 20.0. The van der Waals surface area contributed by atoms with Crippen LogP contribution in [0.2, 0.25) is 0 Å². The average Bonchev–Trinajstić information content (AvgIpc) is 3.37. The molecule has 8 aromatic rings. The molecule has 3 heteroatoms. The molecule has 0 N–H and O–H groups in total. The highest BCUT2D eigenvalue weighted by atomic mass is 15.0. The van der Waals surface area contributed by atoms with E-state index in [2.05, 4.69) is 114 Å².